The molecule has 0 saturated heterocycles. The van der Waals surface area contributed by atoms with Gasteiger partial charge in [0.1, 0.15) is 5.75 Å². The number of carbonyl (C=O) groups is 1. The lowest BCUT2D eigenvalue weighted by Gasteiger charge is -2.11. The van der Waals surface area contributed by atoms with Gasteiger partial charge >= 0.3 is 0 Å². The topological polar surface area (TPSA) is 88.7 Å². The molecule has 0 aliphatic carbocycles. The van der Waals surface area contributed by atoms with Crippen LogP contribution in [0.25, 0.3) is 0 Å². The number of oxime groups is 1. The van der Waals surface area contributed by atoms with Crippen LogP contribution in [0.4, 0.5) is 5.69 Å². The van der Waals surface area contributed by atoms with Gasteiger partial charge in [-0.1, -0.05) is 11.2 Å². The Morgan fingerprint density at radius 2 is 2.25 bits per heavy atom. The number of carbonyl (C=O) groups excluding carboxylic acids is 1. The van der Waals surface area contributed by atoms with E-state index in [4.69, 9.17) is 4.84 Å². The summed E-state index contributed by atoms with van der Waals surface area (Å²) >= 11 is 0. The molecule has 1 unspecified atom stereocenters. The molecule has 2 aromatic rings. The summed E-state index contributed by atoms with van der Waals surface area (Å²) in [5.74, 6) is -0.316. The number of benzene rings is 1. The Morgan fingerprint density at radius 3 is 2.96 bits per heavy atom. The van der Waals surface area contributed by atoms with E-state index >= 15 is 0 Å². The Bertz CT molecular complexity index is 810. The Morgan fingerprint density at radius 1 is 1.46 bits per heavy atom. The fourth-order valence-electron chi connectivity index (χ4n) is 2.69. The second kappa shape index (κ2) is 6.35. The zero-order valence-electron chi connectivity index (χ0n) is 13.9. The van der Waals surface area contributed by atoms with Gasteiger partial charge in [-0.05, 0) is 38.5 Å². The Labute approximate surface area is 139 Å². The van der Waals surface area contributed by atoms with Crippen LogP contribution in [0.1, 0.15) is 30.2 Å². The molecule has 0 radical (unpaired) electrons. The fourth-order valence-corrected chi connectivity index (χ4v) is 2.69. The van der Waals surface area contributed by atoms with Gasteiger partial charge in [0, 0.05) is 24.2 Å². The van der Waals surface area contributed by atoms with E-state index in [1.807, 2.05) is 25.5 Å². The molecule has 2 N–H and O–H groups in total. The highest BCUT2D eigenvalue weighted by atomic mass is 16.6. The van der Waals surface area contributed by atoms with Crippen LogP contribution in [0.5, 0.6) is 5.75 Å². The molecule has 3 rings (SSSR count). The second-order valence-corrected chi connectivity index (χ2v) is 5.81. The molecule has 1 atom stereocenters. The number of nitrogens with one attached hydrogen (secondary N) is 1. The summed E-state index contributed by atoms with van der Waals surface area (Å²) in [7, 11) is 0. The van der Waals surface area contributed by atoms with Gasteiger partial charge in [-0.3, -0.25) is 9.48 Å². The van der Waals surface area contributed by atoms with Gasteiger partial charge in [0.2, 0.25) is 6.10 Å². The summed E-state index contributed by atoms with van der Waals surface area (Å²) in [5, 5.41) is 20.8. The SMILES string of the molecule is CCn1ncc(C2=NOC(C(=O)Nc3cc(C)ccc3O)C2)c1C. The lowest BCUT2D eigenvalue weighted by atomic mass is 10.1. The number of aromatic nitrogens is 2. The smallest absolute Gasteiger partial charge is 0.268 e. The molecule has 0 spiro atoms. The minimum absolute atomic E-state index is 0.0214. The molecule has 1 amide bonds. The van der Waals surface area contributed by atoms with E-state index in [2.05, 4.69) is 15.6 Å². The van der Waals surface area contributed by atoms with Gasteiger partial charge < -0.3 is 15.3 Å². The number of nitrogens with zero attached hydrogens (tertiary/aromatic N) is 3. The first-order valence-electron chi connectivity index (χ1n) is 7.85. The third-order valence-corrected chi connectivity index (χ3v) is 4.08. The van der Waals surface area contributed by atoms with E-state index < -0.39 is 6.10 Å². The molecule has 2 heterocycles. The Balaban J connectivity index is 1.69. The highest BCUT2D eigenvalue weighted by molar-refractivity contribution is 6.06. The Hall–Kier alpha value is -2.83. The first-order chi connectivity index (χ1) is 11.5. The van der Waals surface area contributed by atoms with Gasteiger partial charge in [0.05, 0.1) is 17.6 Å². The van der Waals surface area contributed by atoms with Gasteiger partial charge in [-0.2, -0.15) is 5.10 Å². The van der Waals surface area contributed by atoms with Crippen molar-refractivity contribution < 1.29 is 14.7 Å². The van der Waals surface area contributed by atoms with Crippen LogP contribution in [0.15, 0.2) is 29.6 Å². The predicted octanol–water partition coefficient (Wildman–Crippen LogP) is 2.36. The van der Waals surface area contributed by atoms with Gasteiger partial charge in [0.15, 0.2) is 0 Å². The van der Waals surface area contributed by atoms with E-state index in [1.165, 1.54) is 0 Å². The number of phenols is 1. The molecule has 126 valence electrons. The van der Waals surface area contributed by atoms with E-state index in [0.29, 0.717) is 17.8 Å². The highest BCUT2D eigenvalue weighted by Gasteiger charge is 2.30. The number of hydrogen-bond donors (Lipinski definition) is 2. The van der Waals surface area contributed by atoms with Crippen LogP contribution < -0.4 is 5.32 Å². The van der Waals surface area contributed by atoms with Crippen LogP contribution in [-0.4, -0.2) is 32.6 Å². The number of hydrogen-bond acceptors (Lipinski definition) is 5. The predicted molar refractivity (Wildman–Crippen MR) is 90.1 cm³/mol. The lowest BCUT2D eigenvalue weighted by Crippen LogP contribution is -2.28. The third-order valence-electron chi connectivity index (χ3n) is 4.08. The molecule has 1 aliphatic rings. The summed E-state index contributed by atoms with van der Waals surface area (Å²) in [4.78, 5) is 17.6. The largest absolute Gasteiger partial charge is 0.506 e. The van der Waals surface area contributed by atoms with Gasteiger partial charge in [-0.15, -0.1) is 0 Å². The monoisotopic (exact) mass is 328 g/mol. The van der Waals surface area contributed by atoms with Crippen molar-refractivity contribution in [2.75, 3.05) is 5.32 Å². The van der Waals surface area contributed by atoms with Gasteiger partial charge in [0.25, 0.3) is 5.91 Å². The van der Waals surface area contributed by atoms with Gasteiger partial charge in [-0.25, -0.2) is 0 Å². The summed E-state index contributed by atoms with van der Waals surface area (Å²) in [5.41, 5.74) is 3.91. The number of anilines is 1. The second-order valence-electron chi connectivity index (χ2n) is 5.81. The number of phenolic OH excluding ortho intramolecular Hbond substituents is 1. The number of rotatable bonds is 4. The van der Waals surface area contributed by atoms with Crippen molar-refractivity contribution in [2.45, 2.75) is 39.8 Å². The van der Waals surface area contributed by atoms with Crippen molar-refractivity contribution in [3.05, 3.63) is 41.2 Å². The minimum Gasteiger partial charge on any atom is -0.506 e. The average molecular weight is 328 g/mol. The van der Waals surface area contributed by atoms with E-state index in [0.717, 1.165) is 23.4 Å². The molecule has 1 aliphatic heterocycles. The normalized spacial score (nSPS) is 16.6. The van der Waals surface area contributed by atoms with E-state index in [-0.39, 0.29) is 11.7 Å². The van der Waals surface area contributed by atoms with Crippen molar-refractivity contribution in [3.8, 4) is 5.75 Å². The van der Waals surface area contributed by atoms with Crippen LogP contribution in [0, 0.1) is 13.8 Å². The molecule has 7 nitrogen and oxygen atoms in total. The molecule has 1 aromatic carbocycles. The molecule has 0 saturated carbocycles. The molecule has 0 bridgehead atoms. The van der Waals surface area contributed by atoms with Crippen LogP contribution in [0.3, 0.4) is 0 Å². The summed E-state index contributed by atoms with van der Waals surface area (Å²) in [6, 6.07) is 5.02. The zero-order chi connectivity index (χ0) is 17.3. The fraction of sp³-hybridized carbons (Fsp3) is 0.353. The molecule has 0 fully saturated rings. The summed E-state index contributed by atoms with van der Waals surface area (Å²) in [6.07, 6.45) is 1.40. The van der Waals surface area contributed by atoms with Crippen molar-refractivity contribution in [3.63, 3.8) is 0 Å². The van der Waals surface area contributed by atoms with Crippen LogP contribution in [0.2, 0.25) is 0 Å². The molecule has 1 aromatic heterocycles. The molecule has 24 heavy (non-hydrogen) atoms. The number of amides is 1. The van der Waals surface area contributed by atoms with Crippen molar-refractivity contribution >= 4 is 17.3 Å². The molecule has 7 heteroatoms. The standard InChI is InChI=1S/C17H20N4O3/c1-4-21-11(3)12(9-18-21)13-8-16(24-20-13)17(23)19-14-7-10(2)5-6-15(14)22/h5-7,9,16,22H,4,8H2,1-3H3,(H,19,23). The maximum atomic E-state index is 12.4. The number of aromatic hydroxyl groups is 1. The van der Waals surface area contributed by atoms with E-state index in [9.17, 15) is 9.90 Å². The zero-order valence-corrected chi connectivity index (χ0v) is 13.9. The van der Waals surface area contributed by atoms with Crippen LogP contribution in [-0.2, 0) is 16.2 Å². The van der Waals surface area contributed by atoms with Crippen LogP contribution >= 0.6 is 0 Å². The third kappa shape index (κ3) is 2.97. The first-order valence-corrected chi connectivity index (χ1v) is 7.85. The first kappa shape index (κ1) is 16.0. The van der Waals surface area contributed by atoms with Crippen molar-refractivity contribution in [2.24, 2.45) is 5.16 Å². The van der Waals surface area contributed by atoms with Crippen molar-refractivity contribution in [1.82, 2.24) is 9.78 Å². The van der Waals surface area contributed by atoms with Crippen molar-refractivity contribution in [1.29, 1.82) is 0 Å². The summed E-state index contributed by atoms with van der Waals surface area (Å²) in [6.45, 7) is 6.64. The summed E-state index contributed by atoms with van der Waals surface area (Å²) < 4.78 is 1.87. The number of aryl methyl sites for hydroxylation is 2. The maximum Gasteiger partial charge on any atom is 0.268 e. The quantitative estimate of drug-likeness (QED) is 0.843. The lowest BCUT2D eigenvalue weighted by molar-refractivity contribution is -0.125. The van der Waals surface area contributed by atoms with E-state index in [1.54, 1.807) is 24.4 Å². The Kier molecular flexibility index (Phi) is 4.24. The molecular weight excluding hydrogens is 308 g/mol. The molecular formula is C17H20N4O3. The minimum atomic E-state index is -0.718. The highest BCUT2D eigenvalue weighted by Crippen LogP contribution is 2.26. The maximum absolute atomic E-state index is 12.4. The average Bonchev–Trinajstić information content (AvgIpc) is 3.17.